The number of hydrogen-bond acceptors (Lipinski definition) is 3. The van der Waals surface area contributed by atoms with Crippen LogP contribution >= 0.6 is 0 Å². The van der Waals surface area contributed by atoms with E-state index in [1.165, 1.54) is 0 Å². The van der Waals surface area contributed by atoms with Gasteiger partial charge in [-0.2, -0.15) is 0 Å². The van der Waals surface area contributed by atoms with Crippen LogP contribution in [-0.2, 0) is 4.74 Å². The molecule has 0 amide bonds. The maximum absolute atomic E-state index is 5.58. The molecule has 0 N–H and O–H groups in total. The van der Waals surface area contributed by atoms with Crippen molar-refractivity contribution in [2.45, 2.75) is 20.0 Å². The van der Waals surface area contributed by atoms with Crippen molar-refractivity contribution in [3.63, 3.8) is 0 Å². The fourth-order valence-corrected chi connectivity index (χ4v) is 1.57. The van der Waals surface area contributed by atoms with E-state index in [4.69, 9.17) is 9.47 Å². The van der Waals surface area contributed by atoms with E-state index in [0.717, 1.165) is 16.7 Å². The van der Waals surface area contributed by atoms with Gasteiger partial charge in [-0.15, -0.1) is 0 Å². The molecule has 90 valence electrons. The van der Waals surface area contributed by atoms with Crippen molar-refractivity contribution in [2.24, 2.45) is 0 Å². The summed E-state index contributed by atoms with van der Waals surface area (Å²) in [7, 11) is 0. The molecule has 0 fully saturated rings. The number of ether oxygens (including phenoxy) is 2. The van der Waals surface area contributed by atoms with Crippen molar-refractivity contribution < 1.29 is 9.47 Å². The van der Waals surface area contributed by atoms with E-state index in [1.807, 2.05) is 44.2 Å². The van der Waals surface area contributed by atoms with E-state index in [2.05, 4.69) is 4.98 Å². The van der Waals surface area contributed by atoms with Crippen LogP contribution in [0.1, 0.15) is 13.8 Å². The Labute approximate surface area is 101 Å². The highest BCUT2D eigenvalue weighted by Gasteiger charge is 1.98. The first-order valence-corrected chi connectivity index (χ1v) is 5.85. The van der Waals surface area contributed by atoms with Crippen LogP contribution in [0.4, 0.5) is 0 Å². The molecule has 3 nitrogen and oxygen atoms in total. The van der Waals surface area contributed by atoms with Gasteiger partial charge < -0.3 is 9.47 Å². The summed E-state index contributed by atoms with van der Waals surface area (Å²) in [5.41, 5.74) is 0.985. The molecule has 0 spiro atoms. The van der Waals surface area contributed by atoms with Gasteiger partial charge in [0.2, 0.25) is 0 Å². The molecule has 3 heteroatoms. The zero-order chi connectivity index (χ0) is 12.1. The Hall–Kier alpha value is -1.61. The summed E-state index contributed by atoms with van der Waals surface area (Å²) in [6.45, 7) is 5.18. The Bertz CT molecular complexity index is 482. The number of aromatic nitrogens is 1. The van der Waals surface area contributed by atoms with Crippen molar-refractivity contribution in [3.05, 3.63) is 36.5 Å². The van der Waals surface area contributed by atoms with Gasteiger partial charge in [0.1, 0.15) is 12.4 Å². The summed E-state index contributed by atoms with van der Waals surface area (Å²) in [5, 5.41) is 1.09. The molecule has 0 radical (unpaired) electrons. The predicted molar refractivity (Wildman–Crippen MR) is 68.3 cm³/mol. The molecular weight excluding hydrogens is 214 g/mol. The normalized spacial score (nSPS) is 11.0. The van der Waals surface area contributed by atoms with Crippen LogP contribution in [-0.4, -0.2) is 24.3 Å². The lowest BCUT2D eigenvalue weighted by Gasteiger charge is -2.09. The minimum absolute atomic E-state index is 0.244. The second kappa shape index (κ2) is 5.64. The summed E-state index contributed by atoms with van der Waals surface area (Å²) in [6, 6.07) is 9.99. The summed E-state index contributed by atoms with van der Waals surface area (Å²) >= 11 is 0. The molecule has 0 atom stereocenters. The molecule has 0 bridgehead atoms. The van der Waals surface area contributed by atoms with E-state index >= 15 is 0 Å². The van der Waals surface area contributed by atoms with E-state index in [-0.39, 0.29) is 6.10 Å². The standard InChI is InChI=1S/C14H17NO2/c1-11(2)16-7-8-17-13-9-12-5-3-4-6-14(12)15-10-13/h3-6,9-11H,7-8H2,1-2H3. The molecule has 0 unspecified atom stereocenters. The Morgan fingerprint density at radius 2 is 2.00 bits per heavy atom. The van der Waals surface area contributed by atoms with Crippen LogP contribution < -0.4 is 4.74 Å². The van der Waals surface area contributed by atoms with Crippen LogP contribution in [0.3, 0.4) is 0 Å². The van der Waals surface area contributed by atoms with Crippen molar-refractivity contribution in [2.75, 3.05) is 13.2 Å². The highest BCUT2D eigenvalue weighted by molar-refractivity contribution is 5.79. The monoisotopic (exact) mass is 231 g/mol. The van der Waals surface area contributed by atoms with Gasteiger partial charge in [0.05, 0.1) is 24.4 Å². The van der Waals surface area contributed by atoms with Crippen LogP contribution in [0.15, 0.2) is 36.5 Å². The van der Waals surface area contributed by atoms with Crippen LogP contribution in [0.25, 0.3) is 10.9 Å². The minimum Gasteiger partial charge on any atom is -0.490 e. The first-order chi connectivity index (χ1) is 8.25. The number of rotatable bonds is 5. The van der Waals surface area contributed by atoms with Gasteiger partial charge in [-0.1, -0.05) is 18.2 Å². The lowest BCUT2D eigenvalue weighted by Crippen LogP contribution is -2.11. The molecule has 1 aromatic heterocycles. The van der Waals surface area contributed by atoms with Gasteiger partial charge in [-0.05, 0) is 26.0 Å². The molecule has 1 aromatic carbocycles. The predicted octanol–water partition coefficient (Wildman–Crippen LogP) is 3.04. The molecule has 2 rings (SSSR count). The van der Waals surface area contributed by atoms with E-state index in [9.17, 15) is 0 Å². The number of nitrogens with zero attached hydrogens (tertiary/aromatic N) is 1. The van der Waals surface area contributed by atoms with Crippen molar-refractivity contribution in [1.82, 2.24) is 4.98 Å². The van der Waals surface area contributed by atoms with Gasteiger partial charge in [0.25, 0.3) is 0 Å². The lowest BCUT2D eigenvalue weighted by molar-refractivity contribution is 0.0552. The molecular formula is C14H17NO2. The van der Waals surface area contributed by atoms with E-state index in [0.29, 0.717) is 13.2 Å². The summed E-state index contributed by atoms with van der Waals surface area (Å²) < 4.78 is 11.0. The number of hydrogen-bond donors (Lipinski definition) is 0. The van der Waals surface area contributed by atoms with E-state index < -0.39 is 0 Å². The SMILES string of the molecule is CC(C)OCCOc1cnc2ccccc2c1. The third kappa shape index (κ3) is 3.43. The molecule has 0 saturated heterocycles. The molecule has 17 heavy (non-hydrogen) atoms. The Morgan fingerprint density at radius 1 is 1.18 bits per heavy atom. The van der Waals surface area contributed by atoms with Crippen molar-refractivity contribution in [1.29, 1.82) is 0 Å². The molecule has 2 aromatic rings. The first kappa shape index (κ1) is 11.9. The second-order valence-electron chi connectivity index (χ2n) is 4.13. The molecule has 0 aliphatic carbocycles. The summed E-state index contributed by atoms with van der Waals surface area (Å²) in [6.07, 6.45) is 1.99. The fourth-order valence-electron chi connectivity index (χ4n) is 1.57. The average Bonchev–Trinajstić information content (AvgIpc) is 2.34. The van der Waals surface area contributed by atoms with Crippen LogP contribution in [0.2, 0.25) is 0 Å². The molecule has 0 aliphatic rings. The number of fused-ring (bicyclic) bond motifs is 1. The number of benzene rings is 1. The van der Waals surface area contributed by atoms with Gasteiger partial charge in [-0.25, -0.2) is 0 Å². The molecule has 0 aliphatic heterocycles. The fraction of sp³-hybridized carbons (Fsp3) is 0.357. The number of pyridine rings is 1. The lowest BCUT2D eigenvalue weighted by atomic mass is 10.2. The quantitative estimate of drug-likeness (QED) is 0.741. The maximum Gasteiger partial charge on any atom is 0.138 e. The van der Waals surface area contributed by atoms with Crippen LogP contribution in [0, 0.1) is 0 Å². The second-order valence-corrected chi connectivity index (χ2v) is 4.13. The highest BCUT2D eigenvalue weighted by atomic mass is 16.5. The topological polar surface area (TPSA) is 31.4 Å². The highest BCUT2D eigenvalue weighted by Crippen LogP contribution is 2.17. The van der Waals surface area contributed by atoms with Gasteiger partial charge in [0, 0.05) is 5.39 Å². The van der Waals surface area contributed by atoms with Gasteiger partial charge >= 0.3 is 0 Å². The third-order valence-corrected chi connectivity index (χ3v) is 2.37. The van der Waals surface area contributed by atoms with Crippen LogP contribution in [0.5, 0.6) is 5.75 Å². The van der Waals surface area contributed by atoms with E-state index in [1.54, 1.807) is 6.20 Å². The molecule has 0 saturated carbocycles. The first-order valence-electron chi connectivity index (χ1n) is 5.85. The largest absolute Gasteiger partial charge is 0.490 e. The summed E-state index contributed by atoms with van der Waals surface area (Å²) in [4.78, 5) is 4.33. The van der Waals surface area contributed by atoms with Crippen molar-refractivity contribution in [3.8, 4) is 5.75 Å². The Morgan fingerprint density at radius 3 is 2.82 bits per heavy atom. The third-order valence-electron chi connectivity index (χ3n) is 2.37. The summed E-state index contributed by atoms with van der Waals surface area (Å²) in [5.74, 6) is 0.788. The zero-order valence-corrected chi connectivity index (χ0v) is 10.2. The average molecular weight is 231 g/mol. The molecule has 1 heterocycles. The van der Waals surface area contributed by atoms with Crippen molar-refractivity contribution >= 4 is 10.9 Å². The van der Waals surface area contributed by atoms with Gasteiger partial charge in [0.15, 0.2) is 0 Å². The maximum atomic E-state index is 5.58. The Balaban J connectivity index is 1.95. The minimum atomic E-state index is 0.244. The zero-order valence-electron chi connectivity index (χ0n) is 10.2. The van der Waals surface area contributed by atoms with Gasteiger partial charge in [-0.3, -0.25) is 4.98 Å². The number of para-hydroxylation sites is 1. The smallest absolute Gasteiger partial charge is 0.138 e. The Kier molecular flexibility index (Phi) is 3.94.